The minimum Gasteiger partial charge on any atom is -0.494 e. The zero-order chi connectivity index (χ0) is 15.9. The maximum atomic E-state index is 11.2. The molecular formula is C17H16N4O2. The quantitative estimate of drug-likeness (QED) is 0.495. The van der Waals surface area contributed by atoms with E-state index in [2.05, 4.69) is 15.3 Å². The van der Waals surface area contributed by atoms with Gasteiger partial charge in [0.05, 0.1) is 6.61 Å². The lowest BCUT2D eigenvalue weighted by Crippen LogP contribution is -2.07. The van der Waals surface area contributed by atoms with E-state index in [1.165, 1.54) is 0 Å². The highest BCUT2D eigenvalue weighted by Crippen LogP contribution is 2.20. The zero-order valence-corrected chi connectivity index (χ0v) is 12.5. The molecule has 0 saturated heterocycles. The van der Waals surface area contributed by atoms with Gasteiger partial charge in [-0.25, -0.2) is 4.68 Å². The summed E-state index contributed by atoms with van der Waals surface area (Å²) in [5.74, 6) is 0.840. The van der Waals surface area contributed by atoms with Crippen LogP contribution in [0.3, 0.4) is 0 Å². The number of rotatable bonds is 7. The van der Waals surface area contributed by atoms with Crippen molar-refractivity contribution in [3.63, 3.8) is 0 Å². The third-order valence-electron chi connectivity index (χ3n) is 3.33. The molecule has 0 radical (unpaired) electrons. The van der Waals surface area contributed by atoms with Crippen LogP contribution >= 0.6 is 0 Å². The summed E-state index contributed by atoms with van der Waals surface area (Å²) < 4.78 is 7.38. The molecule has 116 valence electrons. The van der Waals surface area contributed by atoms with Crippen molar-refractivity contribution in [2.24, 2.45) is 0 Å². The van der Waals surface area contributed by atoms with Gasteiger partial charge in [-0.05, 0) is 24.3 Å². The van der Waals surface area contributed by atoms with Gasteiger partial charge in [-0.3, -0.25) is 9.78 Å². The molecule has 6 nitrogen and oxygen atoms in total. The summed E-state index contributed by atoms with van der Waals surface area (Å²) in [4.78, 5) is 15.3. The van der Waals surface area contributed by atoms with Crippen molar-refractivity contribution < 1.29 is 9.53 Å². The van der Waals surface area contributed by atoms with E-state index < -0.39 is 0 Å². The second-order valence-corrected chi connectivity index (χ2v) is 4.92. The molecule has 0 aliphatic heterocycles. The van der Waals surface area contributed by atoms with E-state index in [9.17, 15) is 4.79 Å². The van der Waals surface area contributed by atoms with Crippen LogP contribution in [0.5, 0.6) is 5.75 Å². The Morgan fingerprint density at radius 2 is 2.00 bits per heavy atom. The molecule has 0 amide bonds. The summed E-state index contributed by atoms with van der Waals surface area (Å²) in [5, 5.41) is 7.98. The predicted molar refractivity (Wildman–Crippen MR) is 85.2 cm³/mol. The highest BCUT2D eigenvalue weighted by Gasteiger charge is 2.14. The van der Waals surface area contributed by atoms with Crippen molar-refractivity contribution in [2.75, 3.05) is 6.61 Å². The number of hydrogen-bond acceptors (Lipinski definition) is 5. The smallest absolute Gasteiger partial charge is 0.172 e. The number of aromatic nitrogens is 4. The number of para-hydroxylation sites is 1. The number of hydrogen-bond donors (Lipinski definition) is 0. The highest BCUT2D eigenvalue weighted by atomic mass is 16.5. The Balaban J connectivity index is 1.66. The highest BCUT2D eigenvalue weighted by molar-refractivity contribution is 5.82. The fraction of sp³-hybridized carbons (Fsp3) is 0.176. The molecule has 3 aromatic rings. The first kappa shape index (κ1) is 14.9. The van der Waals surface area contributed by atoms with Crippen LogP contribution in [0.15, 0.2) is 54.9 Å². The first-order valence-corrected chi connectivity index (χ1v) is 7.35. The van der Waals surface area contributed by atoms with Crippen LogP contribution in [-0.4, -0.2) is 32.9 Å². The maximum Gasteiger partial charge on any atom is 0.172 e. The molecule has 0 aliphatic carbocycles. The fourth-order valence-corrected chi connectivity index (χ4v) is 2.28. The molecule has 2 heterocycles. The summed E-state index contributed by atoms with van der Waals surface area (Å²) >= 11 is 0. The molecule has 0 atom stereocenters. The van der Waals surface area contributed by atoms with Gasteiger partial charge in [-0.1, -0.05) is 23.4 Å². The monoisotopic (exact) mass is 308 g/mol. The third kappa shape index (κ3) is 3.60. The van der Waals surface area contributed by atoms with Crippen molar-refractivity contribution in [1.82, 2.24) is 20.0 Å². The Kier molecular flexibility index (Phi) is 4.73. The first-order chi connectivity index (χ1) is 11.4. The largest absolute Gasteiger partial charge is 0.494 e. The number of carbonyl (C=O) groups excluding carboxylic acids is 1. The number of aldehydes is 1. The lowest BCUT2D eigenvalue weighted by atomic mass is 10.1. The molecule has 1 aromatic carbocycles. The third-order valence-corrected chi connectivity index (χ3v) is 3.33. The van der Waals surface area contributed by atoms with E-state index in [1.807, 2.05) is 42.5 Å². The Labute approximate surface area is 133 Å². The molecule has 0 aliphatic rings. The SMILES string of the molecule is O=Cc1nnn(CCCOc2ccccc2)c1-c1cccnc1. The van der Waals surface area contributed by atoms with E-state index in [-0.39, 0.29) is 0 Å². The summed E-state index contributed by atoms with van der Waals surface area (Å²) in [7, 11) is 0. The molecule has 0 unspecified atom stereocenters. The fourth-order valence-electron chi connectivity index (χ4n) is 2.28. The van der Waals surface area contributed by atoms with Gasteiger partial charge in [0, 0.05) is 30.9 Å². The molecule has 6 heteroatoms. The first-order valence-electron chi connectivity index (χ1n) is 7.35. The van der Waals surface area contributed by atoms with Crippen molar-refractivity contribution >= 4 is 6.29 Å². The van der Waals surface area contributed by atoms with Crippen LogP contribution in [0, 0.1) is 0 Å². The minimum absolute atomic E-state index is 0.321. The lowest BCUT2D eigenvalue weighted by Gasteiger charge is -2.08. The number of pyridine rings is 1. The summed E-state index contributed by atoms with van der Waals surface area (Å²) in [6.07, 6.45) is 4.85. The average Bonchev–Trinajstić information content (AvgIpc) is 3.03. The Hall–Kier alpha value is -3.02. The molecule has 0 bridgehead atoms. The van der Waals surface area contributed by atoms with E-state index in [4.69, 9.17) is 4.74 Å². The number of carbonyl (C=O) groups is 1. The topological polar surface area (TPSA) is 69.9 Å². The average molecular weight is 308 g/mol. The standard InChI is InChI=1S/C17H16N4O2/c22-13-16-17(14-6-4-9-18-12-14)21(20-19-16)10-5-11-23-15-7-2-1-3-8-15/h1-4,6-9,12-13H,5,10-11H2. The van der Waals surface area contributed by atoms with Gasteiger partial charge < -0.3 is 4.74 Å². The molecule has 0 saturated carbocycles. The molecule has 3 rings (SSSR count). The van der Waals surface area contributed by atoms with E-state index in [1.54, 1.807) is 17.1 Å². The Morgan fingerprint density at radius 1 is 1.13 bits per heavy atom. The number of benzene rings is 1. The van der Waals surface area contributed by atoms with Gasteiger partial charge in [-0.2, -0.15) is 0 Å². The van der Waals surface area contributed by atoms with Gasteiger partial charge in [0.1, 0.15) is 11.4 Å². The summed E-state index contributed by atoms with van der Waals surface area (Å²) in [6.45, 7) is 1.17. The van der Waals surface area contributed by atoms with Crippen LogP contribution in [0.4, 0.5) is 0 Å². The number of ether oxygens (including phenoxy) is 1. The van der Waals surface area contributed by atoms with Crippen molar-refractivity contribution in [1.29, 1.82) is 0 Å². The zero-order valence-electron chi connectivity index (χ0n) is 12.5. The van der Waals surface area contributed by atoms with E-state index >= 15 is 0 Å². The number of nitrogens with zero attached hydrogens (tertiary/aromatic N) is 4. The summed E-state index contributed by atoms with van der Waals surface area (Å²) in [5.41, 5.74) is 1.83. The minimum atomic E-state index is 0.321. The van der Waals surface area contributed by atoms with Gasteiger partial charge in [-0.15, -0.1) is 5.10 Å². The van der Waals surface area contributed by atoms with Crippen LogP contribution in [-0.2, 0) is 6.54 Å². The normalized spacial score (nSPS) is 10.4. The van der Waals surface area contributed by atoms with Crippen LogP contribution in [0.1, 0.15) is 16.9 Å². The van der Waals surface area contributed by atoms with Crippen molar-refractivity contribution in [2.45, 2.75) is 13.0 Å². The van der Waals surface area contributed by atoms with E-state index in [0.29, 0.717) is 30.8 Å². The van der Waals surface area contributed by atoms with Gasteiger partial charge in [0.25, 0.3) is 0 Å². The second-order valence-electron chi connectivity index (χ2n) is 4.92. The van der Waals surface area contributed by atoms with Gasteiger partial charge in [0.2, 0.25) is 0 Å². The summed E-state index contributed by atoms with van der Waals surface area (Å²) in [6, 6.07) is 13.4. The van der Waals surface area contributed by atoms with E-state index in [0.717, 1.165) is 17.7 Å². The number of aryl methyl sites for hydroxylation is 1. The molecule has 0 fully saturated rings. The molecular weight excluding hydrogens is 292 g/mol. The molecule has 0 spiro atoms. The maximum absolute atomic E-state index is 11.2. The van der Waals surface area contributed by atoms with Crippen LogP contribution < -0.4 is 4.74 Å². The Bertz CT molecular complexity index is 757. The Morgan fingerprint density at radius 3 is 2.74 bits per heavy atom. The lowest BCUT2D eigenvalue weighted by molar-refractivity contribution is 0.111. The predicted octanol–water partition coefficient (Wildman–Crippen LogP) is 2.62. The van der Waals surface area contributed by atoms with Crippen LogP contribution in [0.25, 0.3) is 11.3 Å². The van der Waals surface area contributed by atoms with Crippen molar-refractivity contribution in [3.8, 4) is 17.0 Å². The molecule has 2 aromatic heterocycles. The molecule has 0 N–H and O–H groups in total. The second kappa shape index (κ2) is 7.31. The molecule has 23 heavy (non-hydrogen) atoms. The van der Waals surface area contributed by atoms with Gasteiger partial charge >= 0.3 is 0 Å². The van der Waals surface area contributed by atoms with Crippen molar-refractivity contribution in [3.05, 3.63) is 60.6 Å². The van der Waals surface area contributed by atoms with Crippen LogP contribution in [0.2, 0.25) is 0 Å². The van der Waals surface area contributed by atoms with Gasteiger partial charge in [0.15, 0.2) is 12.0 Å².